The summed E-state index contributed by atoms with van der Waals surface area (Å²) in [6.07, 6.45) is -3.20. The van der Waals surface area contributed by atoms with Gasteiger partial charge in [-0.25, -0.2) is 8.78 Å². The Kier molecular flexibility index (Phi) is 6.11. The third-order valence-corrected chi connectivity index (χ3v) is 4.21. The van der Waals surface area contributed by atoms with Gasteiger partial charge in [-0.2, -0.15) is 0 Å². The molecule has 0 aliphatic heterocycles. The number of aliphatic hydroxyl groups is 1. The molecular formula is C18H18ClF2NO3. The summed E-state index contributed by atoms with van der Waals surface area (Å²) in [4.78, 5) is 11.2. The molecule has 0 amide bonds. The van der Waals surface area contributed by atoms with Crippen LogP contribution < -0.4 is 5.32 Å². The Labute approximate surface area is 149 Å². The van der Waals surface area contributed by atoms with Crippen molar-refractivity contribution in [3.8, 4) is 11.1 Å². The van der Waals surface area contributed by atoms with Crippen LogP contribution in [0.15, 0.2) is 48.5 Å². The van der Waals surface area contributed by atoms with Crippen LogP contribution in [0, 0.1) is 0 Å². The lowest BCUT2D eigenvalue weighted by Gasteiger charge is -2.29. The Balaban J connectivity index is 2.15. The molecule has 0 aromatic heterocycles. The van der Waals surface area contributed by atoms with Crippen LogP contribution in [0.4, 0.5) is 8.78 Å². The van der Waals surface area contributed by atoms with Gasteiger partial charge in [0.15, 0.2) is 0 Å². The lowest BCUT2D eigenvalue weighted by atomic mass is 9.96. The Morgan fingerprint density at radius 1 is 1.24 bits per heavy atom. The smallest absolute Gasteiger partial charge is 0.323 e. The second kappa shape index (κ2) is 7.91. The topological polar surface area (TPSA) is 69.6 Å². The van der Waals surface area contributed by atoms with Gasteiger partial charge in [0.2, 0.25) is 0 Å². The molecule has 4 nitrogen and oxygen atoms in total. The Hall–Kier alpha value is -2.02. The third-order valence-electron chi connectivity index (χ3n) is 3.90. The maximum Gasteiger partial charge on any atom is 0.323 e. The van der Waals surface area contributed by atoms with Crippen molar-refractivity contribution in [2.45, 2.75) is 31.5 Å². The first-order chi connectivity index (χ1) is 11.7. The van der Waals surface area contributed by atoms with Gasteiger partial charge < -0.3 is 10.2 Å². The van der Waals surface area contributed by atoms with E-state index in [0.29, 0.717) is 10.6 Å². The molecule has 7 heteroatoms. The maximum atomic E-state index is 12.9. The molecule has 3 N–H and O–H groups in total. The number of nitrogens with one attached hydrogen (secondary N) is 1. The molecule has 0 radical (unpaired) electrons. The number of halogens is 3. The molecule has 0 saturated carbocycles. The fourth-order valence-electron chi connectivity index (χ4n) is 2.41. The van der Waals surface area contributed by atoms with Crippen LogP contribution in [0.25, 0.3) is 11.1 Å². The molecule has 0 aliphatic rings. The quantitative estimate of drug-likeness (QED) is 0.698. The van der Waals surface area contributed by atoms with Crippen LogP contribution in [-0.4, -0.2) is 34.3 Å². The molecule has 0 spiro atoms. The number of aliphatic carboxylic acids is 1. The minimum absolute atomic E-state index is 0.0331. The van der Waals surface area contributed by atoms with E-state index in [0.717, 1.165) is 18.1 Å². The summed E-state index contributed by atoms with van der Waals surface area (Å²) < 4.78 is 25.8. The van der Waals surface area contributed by atoms with Gasteiger partial charge in [0.25, 0.3) is 6.43 Å². The van der Waals surface area contributed by atoms with Gasteiger partial charge in [-0.1, -0.05) is 54.1 Å². The van der Waals surface area contributed by atoms with Gasteiger partial charge in [-0.05, 0) is 24.1 Å². The first-order valence-electron chi connectivity index (χ1n) is 7.54. The van der Waals surface area contributed by atoms with Crippen molar-refractivity contribution in [2.24, 2.45) is 0 Å². The summed E-state index contributed by atoms with van der Waals surface area (Å²) in [5.41, 5.74) is -0.350. The average Bonchev–Trinajstić information content (AvgIpc) is 2.55. The molecule has 2 unspecified atom stereocenters. The lowest BCUT2D eigenvalue weighted by Crippen LogP contribution is -2.57. The summed E-state index contributed by atoms with van der Waals surface area (Å²) in [5.74, 6) is -1.56. The Morgan fingerprint density at radius 3 is 2.40 bits per heavy atom. The van der Waals surface area contributed by atoms with Crippen molar-refractivity contribution in [3.05, 3.63) is 59.1 Å². The zero-order valence-corrected chi connectivity index (χ0v) is 14.2. The highest BCUT2D eigenvalue weighted by Gasteiger charge is 2.45. The molecule has 2 aromatic rings. The lowest BCUT2D eigenvalue weighted by molar-refractivity contribution is -0.158. The van der Waals surface area contributed by atoms with Gasteiger partial charge in [-0.15, -0.1) is 0 Å². The third kappa shape index (κ3) is 4.54. The van der Waals surface area contributed by atoms with E-state index in [1.54, 1.807) is 18.2 Å². The van der Waals surface area contributed by atoms with E-state index in [1.165, 1.54) is 0 Å². The number of carboxylic acids is 1. The number of benzene rings is 2. The van der Waals surface area contributed by atoms with Crippen LogP contribution >= 0.6 is 11.6 Å². The van der Waals surface area contributed by atoms with Crippen molar-refractivity contribution in [3.63, 3.8) is 0 Å². The summed E-state index contributed by atoms with van der Waals surface area (Å²) in [7, 11) is 0. The number of carbonyl (C=O) groups is 1. The minimum Gasteiger partial charge on any atom is -0.480 e. The molecule has 0 heterocycles. The molecule has 2 aromatic carbocycles. The monoisotopic (exact) mass is 369 g/mol. The van der Waals surface area contributed by atoms with Crippen molar-refractivity contribution >= 4 is 17.6 Å². The maximum absolute atomic E-state index is 12.9. The Morgan fingerprint density at radius 2 is 1.88 bits per heavy atom. The number of hydrogen-bond acceptors (Lipinski definition) is 3. The van der Waals surface area contributed by atoms with Crippen LogP contribution in [0.2, 0.25) is 5.02 Å². The highest BCUT2D eigenvalue weighted by Crippen LogP contribution is 2.29. The van der Waals surface area contributed by atoms with Crippen LogP contribution in [0.1, 0.15) is 12.5 Å². The van der Waals surface area contributed by atoms with Crippen molar-refractivity contribution < 1.29 is 23.8 Å². The van der Waals surface area contributed by atoms with Crippen molar-refractivity contribution in [2.75, 3.05) is 0 Å². The molecular weight excluding hydrogens is 352 g/mol. The zero-order chi connectivity index (χ0) is 18.6. The highest BCUT2D eigenvalue weighted by atomic mass is 35.5. The number of carboxylic acid groups (broad SMARTS) is 1. The largest absolute Gasteiger partial charge is 0.480 e. The summed E-state index contributed by atoms with van der Waals surface area (Å²) in [6.45, 7) is 0.754. The van der Waals surface area contributed by atoms with E-state index < -0.39 is 24.0 Å². The average molecular weight is 370 g/mol. The fourth-order valence-corrected chi connectivity index (χ4v) is 2.72. The molecule has 0 fully saturated rings. The zero-order valence-electron chi connectivity index (χ0n) is 13.4. The number of rotatable bonds is 7. The Bertz CT molecular complexity index is 738. The predicted octanol–water partition coefficient (Wildman–Crippen LogP) is 3.57. The molecule has 0 saturated heterocycles. The molecule has 0 aliphatic carbocycles. The van der Waals surface area contributed by atoms with Crippen LogP contribution in [0.3, 0.4) is 0 Å². The van der Waals surface area contributed by atoms with Gasteiger partial charge >= 0.3 is 5.97 Å². The fraction of sp³-hybridized carbons (Fsp3) is 0.278. The number of hydrogen-bond donors (Lipinski definition) is 3. The summed E-state index contributed by atoms with van der Waals surface area (Å²) >= 11 is 6.27. The van der Waals surface area contributed by atoms with Crippen molar-refractivity contribution in [1.29, 1.82) is 0 Å². The van der Waals surface area contributed by atoms with E-state index >= 15 is 0 Å². The minimum atomic E-state index is -3.20. The van der Waals surface area contributed by atoms with E-state index in [4.69, 9.17) is 16.7 Å². The second-order valence-corrected chi connectivity index (χ2v) is 6.27. The highest BCUT2D eigenvalue weighted by molar-refractivity contribution is 6.33. The summed E-state index contributed by atoms with van der Waals surface area (Å²) in [6, 6.07) is 12.8. The number of alkyl halides is 2. The molecule has 2 atom stereocenters. The normalized spacial score (nSPS) is 15.0. The van der Waals surface area contributed by atoms with Gasteiger partial charge in [0.05, 0.1) is 0 Å². The van der Waals surface area contributed by atoms with E-state index in [1.807, 2.05) is 30.3 Å². The van der Waals surface area contributed by atoms with Gasteiger partial charge in [-0.3, -0.25) is 10.1 Å². The predicted molar refractivity (Wildman–Crippen MR) is 91.8 cm³/mol. The summed E-state index contributed by atoms with van der Waals surface area (Å²) in [5, 5.41) is 21.7. The molecule has 2 rings (SSSR count). The first-order valence-corrected chi connectivity index (χ1v) is 7.92. The van der Waals surface area contributed by atoms with Crippen molar-refractivity contribution in [1.82, 2.24) is 5.32 Å². The van der Waals surface area contributed by atoms with Gasteiger partial charge in [0.1, 0.15) is 11.6 Å². The SMILES string of the molecule is CC(O)(C(F)F)C(NCc1ccc(-c2ccccc2)c(Cl)c1)C(=O)O. The molecule has 0 bridgehead atoms. The standard InChI is InChI=1S/C18H18ClF2NO3/c1-18(25,17(20)21)15(16(23)24)22-10-11-7-8-13(14(19)9-11)12-5-3-2-4-6-12/h2-9,15,17,22,25H,10H2,1H3,(H,23,24). The van der Waals surface area contributed by atoms with E-state index in [9.17, 15) is 18.7 Å². The second-order valence-electron chi connectivity index (χ2n) is 5.86. The van der Waals surface area contributed by atoms with Crippen LogP contribution in [-0.2, 0) is 11.3 Å². The molecule has 25 heavy (non-hydrogen) atoms. The molecule has 134 valence electrons. The van der Waals surface area contributed by atoms with E-state index in [-0.39, 0.29) is 6.54 Å². The first kappa shape index (κ1) is 19.3. The van der Waals surface area contributed by atoms with Gasteiger partial charge in [0, 0.05) is 17.1 Å². The van der Waals surface area contributed by atoms with Crippen LogP contribution in [0.5, 0.6) is 0 Å². The van der Waals surface area contributed by atoms with E-state index in [2.05, 4.69) is 5.32 Å².